The van der Waals surface area contributed by atoms with Crippen LogP contribution in [-0.2, 0) is 17.6 Å². The lowest BCUT2D eigenvalue weighted by Crippen LogP contribution is -2.33. The Morgan fingerprint density at radius 3 is 2.60 bits per heavy atom. The van der Waals surface area contributed by atoms with E-state index in [0.29, 0.717) is 0 Å². The molecule has 1 heterocycles. The molecule has 1 N–H and O–H groups in total. The van der Waals surface area contributed by atoms with Gasteiger partial charge in [0, 0.05) is 29.8 Å². The van der Waals surface area contributed by atoms with Crippen molar-refractivity contribution >= 4 is 0 Å². The highest BCUT2D eigenvalue weighted by Gasteiger charge is 2.27. The van der Waals surface area contributed by atoms with Gasteiger partial charge < -0.3 is 19.5 Å². The van der Waals surface area contributed by atoms with Crippen molar-refractivity contribution in [2.45, 2.75) is 31.8 Å². The van der Waals surface area contributed by atoms with Gasteiger partial charge in [-0.1, -0.05) is 0 Å². The maximum absolute atomic E-state index is 5.90. The van der Waals surface area contributed by atoms with Gasteiger partial charge in [0.2, 0.25) is 0 Å². The monoisotopic (exact) mass is 277 g/mol. The van der Waals surface area contributed by atoms with Crippen molar-refractivity contribution < 1.29 is 14.2 Å². The molecule has 0 saturated carbocycles. The first-order valence-electron chi connectivity index (χ1n) is 7.44. The van der Waals surface area contributed by atoms with Gasteiger partial charge in [-0.3, -0.25) is 0 Å². The minimum atomic E-state index is 0.0554. The quantitative estimate of drug-likeness (QED) is 0.920. The van der Waals surface area contributed by atoms with Crippen LogP contribution in [0.15, 0.2) is 6.07 Å². The predicted molar refractivity (Wildman–Crippen MR) is 77.8 cm³/mol. The molecule has 4 nitrogen and oxygen atoms in total. The van der Waals surface area contributed by atoms with Crippen LogP contribution < -0.4 is 14.8 Å². The fourth-order valence-corrected chi connectivity index (χ4v) is 3.32. The van der Waals surface area contributed by atoms with Gasteiger partial charge in [-0.25, -0.2) is 0 Å². The van der Waals surface area contributed by atoms with Crippen LogP contribution in [0.4, 0.5) is 0 Å². The number of benzene rings is 1. The zero-order valence-electron chi connectivity index (χ0n) is 12.3. The molecule has 0 spiro atoms. The Bertz CT molecular complexity index is 481. The predicted octanol–water partition coefficient (Wildman–Crippen LogP) is 2.24. The van der Waals surface area contributed by atoms with E-state index in [1.807, 2.05) is 0 Å². The molecule has 1 aromatic rings. The number of hydrogen-bond acceptors (Lipinski definition) is 4. The first-order valence-corrected chi connectivity index (χ1v) is 7.44. The summed E-state index contributed by atoms with van der Waals surface area (Å²) >= 11 is 0. The van der Waals surface area contributed by atoms with Gasteiger partial charge in [-0.05, 0) is 31.7 Å². The number of morpholine rings is 1. The molecule has 2 aliphatic rings. The minimum Gasteiger partial charge on any atom is -0.496 e. The lowest BCUT2D eigenvalue weighted by Gasteiger charge is -2.29. The summed E-state index contributed by atoms with van der Waals surface area (Å²) in [5, 5.41) is 3.38. The molecule has 4 heteroatoms. The summed E-state index contributed by atoms with van der Waals surface area (Å²) in [6.07, 6.45) is 4.66. The topological polar surface area (TPSA) is 39.7 Å². The Balaban J connectivity index is 2.07. The number of rotatable bonds is 3. The van der Waals surface area contributed by atoms with Crippen LogP contribution >= 0.6 is 0 Å². The van der Waals surface area contributed by atoms with Gasteiger partial charge in [-0.15, -0.1) is 0 Å². The average molecular weight is 277 g/mol. The first kappa shape index (κ1) is 13.7. The Kier molecular flexibility index (Phi) is 4.13. The summed E-state index contributed by atoms with van der Waals surface area (Å²) in [6, 6.07) is 2.11. The van der Waals surface area contributed by atoms with E-state index in [2.05, 4.69) is 11.4 Å². The van der Waals surface area contributed by atoms with Crippen LogP contribution in [0.2, 0.25) is 0 Å². The number of fused-ring (bicyclic) bond motifs is 1. The number of hydrogen-bond donors (Lipinski definition) is 1. The van der Waals surface area contributed by atoms with Crippen LogP contribution in [0.25, 0.3) is 0 Å². The summed E-state index contributed by atoms with van der Waals surface area (Å²) < 4.78 is 17.2. The van der Waals surface area contributed by atoms with Crippen LogP contribution in [0.5, 0.6) is 11.5 Å². The SMILES string of the molecule is COc1cc(C2CNCCO2)c(OC)c2c1CCCC2. The summed E-state index contributed by atoms with van der Waals surface area (Å²) in [5.41, 5.74) is 3.77. The van der Waals surface area contributed by atoms with Crippen molar-refractivity contribution in [3.8, 4) is 11.5 Å². The van der Waals surface area contributed by atoms with Crippen LogP contribution in [0.1, 0.15) is 35.6 Å². The number of ether oxygens (including phenoxy) is 3. The van der Waals surface area contributed by atoms with E-state index in [0.717, 1.165) is 49.6 Å². The van der Waals surface area contributed by atoms with E-state index < -0.39 is 0 Å². The number of methoxy groups -OCH3 is 2. The fraction of sp³-hybridized carbons (Fsp3) is 0.625. The zero-order chi connectivity index (χ0) is 13.9. The van der Waals surface area contributed by atoms with E-state index in [4.69, 9.17) is 14.2 Å². The maximum Gasteiger partial charge on any atom is 0.128 e. The highest BCUT2D eigenvalue weighted by atomic mass is 16.5. The van der Waals surface area contributed by atoms with Crippen molar-refractivity contribution in [1.29, 1.82) is 0 Å². The Hall–Kier alpha value is -1.26. The van der Waals surface area contributed by atoms with Crippen LogP contribution in [0.3, 0.4) is 0 Å². The molecule has 1 aliphatic carbocycles. The third-order valence-corrected chi connectivity index (χ3v) is 4.29. The molecule has 0 radical (unpaired) electrons. The second kappa shape index (κ2) is 6.02. The van der Waals surface area contributed by atoms with E-state index in [-0.39, 0.29) is 6.10 Å². The van der Waals surface area contributed by atoms with Crippen molar-refractivity contribution in [1.82, 2.24) is 5.32 Å². The molecule has 0 bridgehead atoms. The van der Waals surface area contributed by atoms with Crippen molar-refractivity contribution in [2.75, 3.05) is 33.9 Å². The first-order chi connectivity index (χ1) is 9.85. The molecule has 110 valence electrons. The van der Waals surface area contributed by atoms with Gasteiger partial charge in [0.1, 0.15) is 11.5 Å². The molecule has 1 unspecified atom stereocenters. The van der Waals surface area contributed by atoms with Crippen LogP contribution in [-0.4, -0.2) is 33.9 Å². The van der Waals surface area contributed by atoms with E-state index in [1.54, 1.807) is 14.2 Å². The Labute approximate surface area is 120 Å². The highest BCUT2D eigenvalue weighted by Crippen LogP contribution is 2.42. The molecule has 0 aromatic heterocycles. The fourth-order valence-electron chi connectivity index (χ4n) is 3.32. The molecule has 3 rings (SSSR count). The van der Waals surface area contributed by atoms with E-state index in [9.17, 15) is 0 Å². The third-order valence-electron chi connectivity index (χ3n) is 4.29. The smallest absolute Gasteiger partial charge is 0.128 e. The number of nitrogens with one attached hydrogen (secondary N) is 1. The van der Waals surface area contributed by atoms with E-state index >= 15 is 0 Å². The Morgan fingerprint density at radius 1 is 1.15 bits per heavy atom. The van der Waals surface area contributed by atoms with Gasteiger partial charge in [-0.2, -0.15) is 0 Å². The Morgan fingerprint density at radius 2 is 1.95 bits per heavy atom. The maximum atomic E-state index is 5.90. The molecule has 20 heavy (non-hydrogen) atoms. The lowest BCUT2D eigenvalue weighted by molar-refractivity contribution is 0.0260. The second-order valence-corrected chi connectivity index (χ2v) is 5.43. The van der Waals surface area contributed by atoms with Crippen molar-refractivity contribution in [3.05, 3.63) is 22.8 Å². The van der Waals surface area contributed by atoms with Crippen molar-refractivity contribution in [3.63, 3.8) is 0 Å². The molecule has 1 aromatic carbocycles. The molecular weight excluding hydrogens is 254 g/mol. The summed E-state index contributed by atoms with van der Waals surface area (Å²) in [4.78, 5) is 0. The average Bonchev–Trinajstić information content (AvgIpc) is 2.54. The minimum absolute atomic E-state index is 0.0554. The third kappa shape index (κ3) is 2.38. The van der Waals surface area contributed by atoms with Crippen LogP contribution in [0, 0.1) is 0 Å². The molecule has 0 amide bonds. The highest BCUT2D eigenvalue weighted by molar-refractivity contribution is 5.55. The standard InChI is InChI=1S/C16H23NO3/c1-18-14-9-13(15-10-17-7-8-20-15)16(19-2)12-6-4-3-5-11(12)14/h9,15,17H,3-8,10H2,1-2H3. The van der Waals surface area contributed by atoms with Crippen molar-refractivity contribution in [2.24, 2.45) is 0 Å². The van der Waals surface area contributed by atoms with Gasteiger partial charge in [0.15, 0.2) is 0 Å². The molecule has 1 aliphatic heterocycles. The molecular formula is C16H23NO3. The summed E-state index contributed by atoms with van der Waals surface area (Å²) in [5.74, 6) is 2.00. The molecule has 1 fully saturated rings. The summed E-state index contributed by atoms with van der Waals surface area (Å²) in [6.45, 7) is 2.49. The summed E-state index contributed by atoms with van der Waals surface area (Å²) in [7, 11) is 3.51. The second-order valence-electron chi connectivity index (χ2n) is 5.43. The van der Waals surface area contributed by atoms with Gasteiger partial charge >= 0.3 is 0 Å². The largest absolute Gasteiger partial charge is 0.496 e. The normalized spacial score (nSPS) is 22.2. The molecule has 1 atom stereocenters. The van der Waals surface area contributed by atoms with E-state index in [1.165, 1.54) is 24.0 Å². The lowest BCUT2D eigenvalue weighted by atomic mass is 9.87. The zero-order valence-corrected chi connectivity index (χ0v) is 12.3. The van der Waals surface area contributed by atoms with Gasteiger partial charge in [0.05, 0.1) is 26.9 Å². The van der Waals surface area contributed by atoms with Gasteiger partial charge in [0.25, 0.3) is 0 Å². The molecule has 1 saturated heterocycles.